The van der Waals surface area contributed by atoms with Crippen LogP contribution in [-0.2, 0) is 4.79 Å². The number of benzene rings is 1. The molecule has 1 aliphatic heterocycles. The molecule has 0 spiro atoms. The molecule has 7 heteroatoms. The number of aryl methyl sites for hydroxylation is 1. The lowest BCUT2D eigenvalue weighted by molar-refractivity contribution is -0.136. The third kappa shape index (κ3) is 4.55. The Morgan fingerprint density at radius 2 is 1.94 bits per heavy atom. The zero-order chi connectivity index (χ0) is 21.8. The Bertz CT molecular complexity index is 1040. The van der Waals surface area contributed by atoms with Gasteiger partial charge >= 0.3 is 0 Å². The minimum absolute atomic E-state index is 0.154. The van der Waals surface area contributed by atoms with E-state index in [2.05, 4.69) is 59.9 Å². The summed E-state index contributed by atoms with van der Waals surface area (Å²) in [6.07, 6.45) is 5.94. The number of hydrogen-bond acceptors (Lipinski definition) is 5. The predicted molar refractivity (Wildman–Crippen MR) is 123 cm³/mol. The fourth-order valence-corrected chi connectivity index (χ4v) is 4.28. The van der Waals surface area contributed by atoms with Gasteiger partial charge in [0.05, 0.1) is 5.69 Å². The smallest absolute Gasteiger partial charge is 0.254 e. The minimum atomic E-state index is 0.154. The largest absolute Gasteiger partial charge is 0.339 e. The standard InChI is InChI=1S/C24H32N6O/c1-4-6-9-19(5-2)22(31)28-13-15-29(16-14-28)24-26-23-25-12-11-21(30(23)27-24)20-10-7-8-18(3)17-20/h7-8,10-12,17,19H,4-6,9,13-16H2,1-3H3. The molecule has 3 aromatic rings. The van der Waals surface area contributed by atoms with Crippen molar-refractivity contribution in [1.29, 1.82) is 0 Å². The molecule has 1 unspecified atom stereocenters. The van der Waals surface area contributed by atoms with Gasteiger partial charge in [0.25, 0.3) is 5.78 Å². The van der Waals surface area contributed by atoms with Crippen LogP contribution in [0.5, 0.6) is 0 Å². The Morgan fingerprint density at radius 1 is 1.13 bits per heavy atom. The fraction of sp³-hybridized carbons (Fsp3) is 0.500. The number of carbonyl (C=O) groups excluding carboxylic acids is 1. The summed E-state index contributed by atoms with van der Waals surface area (Å²) in [5, 5.41) is 4.77. The third-order valence-electron chi connectivity index (χ3n) is 6.17. The Labute approximate surface area is 184 Å². The lowest BCUT2D eigenvalue weighted by Crippen LogP contribution is -2.50. The van der Waals surface area contributed by atoms with Gasteiger partial charge in [-0.1, -0.05) is 50.5 Å². The number of unbranched alkanes of at least 4 members (excludes halogenated alkanes) is 1. The van der Waals surface area contributed by atoms with Gasteiger partial charge in [-0.05, 0) is 31.9 Å². The molecule has 1 saturated heterocycles. The van der Waals surface area contributed by atoms with Gasteiger partial charge in [0.1, 0.15) is 0 Å². The topological polar surface area (TPSA) is 66.6 Å². The van der Waals surface area contributed by atoms with Crippen LogP contribution in [0.2, 0.25) is 0 Å². The van der Waals surface area contributed by atoms with Crippen molar-refractivity contribution < 1.29 is 4.79 Å². The quantitative estimate of drug-likeness (QED) is 0.579. The predicted octanol–water partition coefficient (Wildman–Crippen LogP) is 3.96. The van der Waals surface area contributed by atoms with E-state index in [9.17, 15) is 4.79 Å². The van der Waals surface area contributed by atoms with Crippen LogP contribution < -0.4 is 4.90 Å². The first kappa shape index (κ1) is 21.3. The van der Waals surface area contributed by atoms with E-state index in [0.29, 0.717) is 17.6 Å². The fourth-order valence-electron chi connectivity index (χ4n) is 4.28. The Hall–Kier alpha value is -2.96. The van der Waals surface area contributed by atoms with Gasteiger partial charge in [-0.3, -0.25) is 4.79 Å². The highest BCUT2D eigenvalue weighted by molar-refractivity contribution is 5.79. The molecule has 1 aromatic carbocycles. The molecule has 7 nitrogen and oxygen atoms in total. The molecule has 1 amide bonds. The number of aromatic nitrogens is 4. The highest BCUT2D eigenvalue weighted by atomic mass is 16.2. The molecule has 1 atom stereocenters. The van der Waals surface area contributed by atoms with E-state index in [0.717, 1.165) is 63.1 Å². The average Bonchev–Trinajstić information content (AvgIpc) is 3.24. The molecule has 31 heavy (non-hydrogen) atoms. The van der Waals surface area contributed by atoms with E-state index < -0.39 is 0 Å². The first-order valence-corrected chi connectivity index (χ1v) is 11.4. The molecular formula is C24H32N6O. The number of nitrogens with zero attached hydrogens (tertiary/aromatic N) is 6. The molecule has 0 saturated carbocycles. The first-order valence-electron chi connectivity index (χ1n) is 11.4. The normalized spacial score (nSPS) is 15.5. The second kappa shape index (κ2) is 9.45. The number of anilines is 1. The summed E-state index contributed by atoms with van der Waals surface area (Å²) in [6, 6.07) is 10.3. The maximum atomic E-state index is 12.9. The van der Waals surface area contributed by atoms with Crippen LogP contribution in [0.3, 0.4) is 0 Å². The van der Waals surface area contributed by atoms with Crippen LogP contribution in [0, 0.1) is 12.8 Å². The summed E-state index contributed by atoms with van der Waals surface area (Å²) in [5.41, 5.74) is 3.27. The summed E-state index contributed by atoms with van der Waals surface area (Å²) in [7, 11) is 0. The first-order chi connectivity index (χ1) is 15.1. The SMILES string of the molecule is CCCCC(CC)C(=O)N1CCN(c2nc3nccc(-c4cccc(C)c4)n3n2)CC1. The summed E-state index contributed by atoms with van der Waals surface area (Å²) >= 11 is 0. The van der Waals surface area contributed by atoms with Gasteiger partial charge in [0.15, 0.2) is 0 Å². The molecule has 3 heterocycles. The molecule has 0 bridgehead atoms. The number of amides is 1. The maximum Gasteiger partial charge on any atom is 0.254 e. The van der Waals surface area contributed by atoms with Gasteiger partial charge in [0, 0.05) is 43.9 Å². The van der Waals surface area contributed by atoms with Crippen LogP contribution in [0.15, 0.2) is 36.5 Å². The number of rotatable bonds is 7. The molecule has 0 N–H and O–H groups in total. The van der Waals surface area contributed by atoms with Crippen molar-refractivity contribution in [3.05, 3.63) is 42.1 Å². The highest BCUT2D eigenvalue weighted by Gasteiger charge is 2.27. The van der Waals surface area contributed by atoms with Gasteiger partial charge < -0.3 is 9.80 Å². The van der Waals surface area contributed by atoms with Crippen LogP contribution in [-0.4, -0.2) is 56.6 Å². The van der Waals surface area contributed by atoms with E-state index in [-0.39, 0.29) is 5.92 Å². The lowest BCUT2D eigenvalue weighted by atomic mass is 9.97. The summed E-state index contributed by atoms with van der Waals surface area (Å²) < 4.78 is 1.82. The van der Waals surface area contributed by atoms with Crippen molar-refractivity contribution in [2.24, 2.45) is 5.92 Å². The van der Waals surface area contributed by atoms with Gasteiger partial charge in [-0.25, -0.2) is 4.98 Å². The van der Waals surface area contributed by atoms with E-state index in [1.54, 1.807) is 6.20 Å². The van der Waals surface area contributed by atoms with Gasteiger partial charge in [-0.15, -0.1) is 5.10 Å². The molecule has 164 valence electrons. The summed E-state index contributed by atoms with van der Waals surface area (Å²) in [5.74, 6) is 1.73. The van der Waals surface area contributed by atoms with Crippen LogP contribution in [0.4, 0.5) is 5.95 Å². The molecule has 1 aliphatic rings. The van der Waals surface area contributed by atoms with Gasteiger partial charge in [0.2, 0.25) is 11.9 Å². The van der Waals surface area contributed by atoms with E-state index in [4.69, 9.17) is 5.10 Å². The van der Waals surface area contributed by atoms with E-state index in [1.165, 1.54) is 5.56 Å². The van der Waals surface area contributed by atoms with Crippen molar-refractivity contribution in [1.82, 2.24) is 24.5 Å². The second-order valence-electron chi connectivity index (χ2n) is 8.38. The Kier molecular flexibility index (Phi) is 6.49. The Balaban J connectivity index is 1.48. The number of carbonyl (C=O) groups is 1. The average molecular weight is 421 g/mol. The zero-order valence-corrected chi connectivity index (χ0v) is 18.8. The van der Waals surface area contributed by atoms with Gasteiger partial charge in [-0.2, -0.15) is 9.50 Å². The zero-order valence-electron chi connectivity index (χ0n) is 18.8. The van der Waals surface area contributed by atoms with Crippen molar-refractivity contribution in [2.45, 2.75) is 46.5 Å². The van der Waals surface area contributed by atoms with Crippen LogP contribution >= 0.6 is 0 Å². The molecule has 0 radical (unpaired) electrons. The van der Waals surface area contributed by atoms with Crippen molar-refractivity contribution >= 4 is 17.6 Å². The molecule has 0 aliphatic carbocycles. The minimum Gasteiger partial charge on any atom is -0.339 e. The van der Waals surface area contributed by atoms with Crippen molar-refractivity contribution in [3.63, 3.8) is 0 Å². The third-order valence-corrected chi connectivity index (χ3v) is 6.17. The van der Waals surface area contributed by atoms with Crippen molar-refractivity contribution in [3.8, 4) is 11.3 Å². The molecule has 4 rings (SSSR count). The number of fused-ring (bicyclic) bond motifs is 1. The monoisotopic (exact) mass is 420 g/mol. The van der Waals surface area contributed by atoms with Crippen LogP contribution in [0.1, 0.15) is 45.1 Å². The van der Waals surface area contributed by atoms with Crippen molar-refractivity contribution in [2.75, 3.05) is 31.1 Å². The number of hydrogen-bond donors (Lipinski definition) is 0. The second-order valence-corrected chi connectivity index (χ2v) is 8.38. The Morgan fingerprint density at radius 3 is 2.65 bits per heavy atom. The maximum absolute atomic E-state index is 12.9. The van der Waals surface area contributed by atoms with E-state index >= 15 is 0 Å². The molecule has 2 aromatic heterocycles. The number of piperazine rings is 1. The molecule has 1 fully saturated rings. The summed E-state index contributed by atoms with van der Waals surface area (Å²) in [4.78, 5) is 26.2. The summed E-state index contributed by atoms with van der Waals surface area (Å²) in [6.45, 7) is 9.30. The highest BCUT2D eigenvalue weighted by Crippen LogP contribution is 2.23. The van der Waals surface area contributed by atoms with E-state index in [1.807, 2.05) is 15.5 Å². The molecular weight excluding hydrogens is 388 g/mol. The van der Waals surface area contributed by atoms with Crippen LogP contribution in [0.25, 0.3) is 17.0 Å². The lowest BCUT2D eigenvalue weighted by Gasteiger charge is -2.35.